The Balaban J connectivity index is 2.22. The van der Waals surface area contributed by atoms with Crippen molar-refractivity contribution in [2.75, 3.05) is 14.2 Å². The molecule has 0 aliphatic heterocycles. The highest BCUT2D eigenvalue weighted by Crippen LogP contribution is 2.28. The first-order chi connectivity index (χ1) is 15.8. The largest absolute Gasteiger partial charge is 0.493 e. The summed E-state index contributed by atoms with van der Waals surface area (Å²) in [5.74, 6) is 1.07. The molecule has 2 amide bonds. The molecule has 0 saturated carbocycles. The topological polar surface area (TPSA) is 67.9 Å². The second-order valence-corrected chi connectivity index (χ2v) is 8.52. The SMILES string of the molecule is CC[C@H](C)NC(=O)[C@H](CC)N(Cc1ccc(Cl)cc1)C(=O)CCc1ccc(OC)c(OC)c1. The van der Waals surface area contributed by atoms with Crippen molar-refractivity contribution in [1.29, 1.82) is 0 Å². The highest BCUT2D eigenvalue weighted by atomic mass is 35.5. The quantitative estimate of drug-likeness (QED) is 0.469. The van der Waals surface area contributed by atoms with Crippen LogP contribution in [-0.4, -0.2) is 43.0 Å². The number of ether oxygens (including phenoxy) is 2. The Kier molecular flexibility index (Phi) is 10.5. The van der Waals surface area contributed by atoms with E-state index in [9.17, 15) is 9.59 Å². The van der Waals surface area contributed by atoms with Gasteiger partial charge >= 0.3 is 0 Å². The van der Waals surface area contributed by atoms with Gasteiger partial charge in [-0.2, -0.15) is 0 Å². The number of benzene rings is 2. The molecule has 1 N–H and O–H groups in total. The van der Waals surface area contributed by atoms with E-state index in [0.29, 0.717) is 35.9 Å². The molecule has 2 aromatic rings. The molecule has 7 heteroatoms. The van der Waals surface area contributed by atoms with Crippen LogP contribution >= 0.6 is 11.6 Å². The summed E-state index contributed by atoms with van der Waals surface area (Å²) in [7, 11) is 3.17. The number of aryl methyl sites for hydroxylation is 1. The van der Waals surface area contributed by atoms with E-state index in [1.165, 1.54) is 0 Å². The Morgan fingerprint density at radius 3 is 2.18 bits per heavy atom. The zero-order valence-electron chi connectivity index (χ0n) is 20.2. The van der Waals surface area contributed by atoms with Crippen LogP contribution in [0.2, 0.25) is 5.02 Å². The van der Waals surface area contributed by atoms with Crippen LogP contribution in [0.25, 0.3) is 0 Å². The predicted molar refractivity (Wildman–Crippen MR) is 132 cm³/mol. The molecule has 0 bridgehead atoms. The van der Waals surface area contributed by atoms with Gasteiger partial charge in [-0.3, -0.25) is 9.59 Å². The van der Waals surface area contributed by atoms with Crippen molar-refractivity contribution >= 4 is 23.4 Å². The van der Waals surface area contributed by atoms with Gasteiger partial charge in [-0.05, 0) is 61.6 Å². The van der Waals surface area contributed by atoms with E-state index in [2.05, 4.69) is 5.32 Å². The lowest BCUT2D eigenvalue weighted by Crippen LogP contribution is -2.50. The lowest BCUT2D eigenvalue weighted by atomic mass is 10.1. The van der Waals surface area contributed by atoms with E-state index in [4.69, 9.17) is 21.1 Å². The molecule has 0 aliphatic rings. The first-order valence-electron chi connectivity index (χ1n) is 11.4. The van der Waals surface area contributed by atoms with Crippen LogP contribution < -0.4 is 14.8 Å². The number of carbonyl (C=O) groups excluding carboxylic acids is 2. The molecule has 6 nitrogen and oxygen atoms in total. The van der Waals surface area contributed by atoms with Gasteiger partial charge < -0.3 is 19.7 Å². The molecule has 0 fully saturated rings. The molecular formula is C26H35ClN2O4. The van der Waals surface area contributed by atoms with E-state index in [0.717, 1.165) is 17.5 Å². The standard InChI is InChI=1S/C26H35ClN2O4/c1-6-18(3)28-26(31)22(7-2)29(17-20-8-12-21(27)13-9-20)25(30)15-11-19-10-14-23(32-4)24(16-19)33-5/h8-10,12-14,16,18,22H,6-7,11,15,17H2,1-5H3,(H,28,31)/t18-,22-/m0/s1. The third-order valence-corrected chi connectivity index (χ3v) is 5.98. The van der Waals surface area contributed by atoms with Crippen LogP contribution in [0, 0.1) is 0 Å². The maximum atomic E-state index is 13.4. The molecule has 2 atom stereocenters. The fourth-order valence-electron chi connectivity index (χ4n) is 3.58. The van der Waals surface area contributed by atoms with Gasteiger partial charge in [0.15, 0.2) is 11.5 Å². The first kappa shape index (κ1) is 26.5. The van der Waals surface area contributed by atoms with Gasteiger partial charge in [0, 0.05) is 24.0 Å². The van der Waals surface area contributed by atoms with Crippen molar-refractivity contribution in [2.45, 2.75) is 65.1 Å². The molecular weight excluding hydrogens is 440 g/mol. The number of hydrogen-bond acceptors (Lipinski definition) is 4. The molecule has 0 unspecified atom stereocenters. The third-order valence-electron chi connectivity index (χ3n) is 5.73. The van der Waals surface area contributed by atoms with Gasteiger partial charge in [0.05, 0.1) is 14.2 Å². The summed E-state index contributed by atoms with van der Waals surface area (Å²) in [4.78, 5) is 28.1. The van der Waals surface area contributed by atoms with Crippen LogP contribution in [0.1, 0.15) is 51.2 Å². The van der Waals surface area contributed by atoms with Gasteiger partial charge in [0.1, 0.15) is 6.04 Å². The zero-order chi connectivity index (χ0) is 24.4. The third kappa shape index (κ3) is 7.67. The van der Waals surface area contributed by atoms with Crippen LogP contribution in [0.4, 0.5) is 0 Å². The van der Waals surface area contributed by atoms with Crippen molar-refractivity contribution in [3.05, 3.63) is 58.6 Å². The van der Waals surface area contributed by atoms with E-state index in [1.807, 2.05) is 51.1 Å². The number of nitrogens with one attached hydrogen (secondary N) is 1. The van der Waals surface area contributed by atoms with Gasteiger partial charge in [-0.15, -0.1) is 0 Å². The minimum Gasteiger partial charge on any atom is -0.493 e. The Labute approximate surface area is 202 Å². The summed E-state index contributed by atoms with van der Waals surface area (Å²) in [6.07, 6.45) is 2.15. The number of rotatable bonds is 12. The van der Waals surface area contributed by atoms with Crippen molar-refractivity contribution in [3.63, 3.8) is 0 Å². The number of halogens is 1. The molecule has 0 aromatic heterocycles. The average molecular weight is 475 g/mol. The minimum atomic E-state index is -0.549. The molecule has 33 heavy (non-hydrogen) atoms. The zero-order valence-corrected chi connectivity index (χ0v) is 20.9. The van der Waals surface area contributed by atoms with E-state index in [1.54, 1.807) is 31.3 Å². The number of amides is 2. The number of hydrogen-bond donors (Lipinski definition) is 1. The first-order valence-corrected chi connectivity index (χ1v) is 11.8. The van der Waals surface area contributed by atoms with Crippen LogP contribution in [0.5, 0.6) is 11.5 Å². The average Bonchev–Trinajstić information content (AvgIpc) is 2.83. The fraction of sp³-hybridized carbons (Fsp3) is 0.462. The summed E-state index contributed by atoms with van der Waals surface area (Å²) < 4.78 is 10.7. The monoisotopic (exact) mass is 474 g/mol. The molecule has 0 radical (unpaired) electrons. The molecule has 0 spiro atoms. The molecule has 2 rings (SSSR count). The fourth-order valence-corrected chi connectivity index (χ4v) is 3.70. The van der Waals surface area contributed by atoms with Gasteiger partial charge in [0.2, 0.25) is 11.8 Å². The molecule has 180 valence electrons. The van der Waals surface area contributed by atoms with Gasteiger partial charge in [0.25, 0.3) is 0 Å². The Hall–Kier alpha value is -2.73. The van der Waals surface area contributed by atoms with Crippen LogP contribution in [0.3, 0.4) is 0 Å². The van der Waals surface area contributed by atoms with Gasteiger partial charge in [-0.25, -0.2) is 0 Å². The highest BCUT2D eigenvalue weighted by molar-refractivity contribution is 6.30. The molecule has 2 aromatic carbocycles. The second kappa shape index (κ2) is 13.1. The lowest BCUT2D eigenvalue weighted by molar-refractivity contribution is -0.141. The number of nitrogens with zero attached hydrogens (tertiary/aromatic N) is 1. The Morgan fingerprint density at radius 2 is 1.61 bits per heavy atom. The molecule has 0 heterocycles. The minimum absolute atomic E-state index is 0.0470. The van der Waals surface area contributed by atoms with E-state index in [-0.39, 0.29) is 24.3 Å². The van der Waals surface area contributed by atoms with Gasteiger partial charge in [-0.1, -0.05) is 43.6 Å². The van der Waals surface area contributed by atoms with Crippen LogP contribution in [-0.2, 0) is 22.6 Å². The number of carbonyl (C=O) groups is 2. The van der Waals surface area contributed by atoms with Crippen molar-refractivity contribution < 1.29 is 19.1 Å². The summed E-state index contributed by atoms with van der Waals surface area (Å²) in [6.45, 7) is 6.25. The summed E-state index contributed by atoms with van der Waals surface area (Å²) in [5.41, 5.74) is 1.89. The maximum Gasteiger partial charge on any atom is 0.243 e. The second-order valence-electron chi connectivity index (χ2n) is 8.08. The van der Waals surface area contributed by atoms with Crippen molar-refractivity contribution in [1.82, 2.24) is 10.2 Å². The molecule has 0 saturated heterocycles. The Bertz CT molecular complexity index is 917. The van der Waals surface area contributed by atoms with Crippen molar-refractivity contribution in [2.24, 2.45) is 0 Å². The summed E-state index contributed by atoms with van der Waals surface area (Å²) >= 11 is 6.02. The van der Waals surface area contributed by atoms with Crippen LogP contribution in [0.15, 0.2) is 42.5 Å². The number of methoxy groups -OCH3 is 2. The highest BCUT2D eigenvalue weighted by Gasteiger charge is 2.29. The lowest BCUT2D eigenvalue weighted by Gasteiger charge is -2.31. The predicted octanol–water partition coefficient (Wildman–Crippen LogP) is 5.01. The smallest absolute Gasteiger partial charge is 0.243 e. The van der Waals surface area contributed by atoms with E-state index >= 15 is 0 Å². The van der Waals surface area contributed by atoms with E-state index < -0.39 is 6.04 Å². The summed E-state index contributed by atoms with van der Waals surface area (Å²) in [5, 5.41) is 3.66. The Morgan fingerprint density at radius 1 is 0.970 bits per heavy atom. The van der Waals surface area contributed by atoms with Crippen molar-refractivity contribution in [3.8, 4) is 11.5 Å². The normalized spacial score (nSPS) is 12.5. The maximum absolute atomic E-state index is 13.4. The summed E-state index contributed by atoms with van der Waals surface area (Å²) in [6, 6.07) is 12.5. The molecule has 0 aliphatic carbocycles.